The SMILES string of the molecule is O=C(O)CCP(=O)([O-])[O-].O=C(O)CCP(=O)([O-])[O-].O=C(O)CCP(=O)([O-])[O-].[Al+3].[Al+3]. The molecule has 29 heavy (non-hydrogen) atoms. The molecule has 0 aromatic carbocycles. The molecule has 0 saturated heterocycles. The molecule has 0 rings (SSSR count). The summed E-state index contributed by atoms with van der Waals surface area (Å²) in [6.45, 7) is 0. The maximum Gasteiger partial charge on any atom is 3.00 e. The molecule has 162 valence electrons. The first kappa shape index (κ1) is 39.4. The molecule has 0 aliphatic rings. The summed E-state index contributed by atoms with van der Waals surface area (Å²) in [5, 5.41) is 23.6. The Hall–Kier alpha value is -0.0751. The Labute approximate surface area is 185 Å². The largest absolute Gasteiger partial charge is 3.00 e. The summed E-state index contributed by atoms with van der Waals surface area (Å²) in [6, 6.07) is 0. The van der Waals surface area contributed by atoms with Gasteiger partial charge in [-0.25, -0.2) is 0 Å². The van der Waals surface area contributed by atoms with Gasteiger partial charge in [-0.1, -0.05) is 22.8 Å². The van der Waals surface area contributed by atoms with E-state index in [1.165, 1.54) is 0 Å². The first-order valence-corrected chi connectivity index (χ1v) is 11.6. The smallest absolute Gasteiger partial charge is 0.811 e. The second kappa shape index (κ2) is 18.7. The van der Waals surface area contributed by atoms with E-state index in [1.54, 1.807) is 0 Å². The van der Waals surface area contributed by atoms with Crippen molar-refractivity contribution < 1.29 is 72.8 Å². The zero-order valence-corrected chi connectivity index (χ0v) is 19.5. The van der Waals surface area contributed by atoms with E-state index in [-0.39, 0.29) is 34.7 Å². The summed E-state index contributed by atoms with van der Waals surface area (Å²) in [5.41, 5.74) is 0. The Morgan fingerprint density at radius 3 is 0.690 bits per heavy atom. The van der Waals surface area contributed by atoms with Crippen molar-refractivity contribution >= 4 is 75.4 Å². The predicted octanol–water partition coefficient (Wildman–Crippen LogP) is -5.64. The summed E-state index contributed by atoms with van der Waals surface area (Å²) >= 11 is 0. The molecule has 0 amide bonds. The van der Waals surface area contributed by atoms with Crippen molar-refractivity contribution in [2.45, 2.75) is 19.3 Å². The Bertz CT molecular complexity index is 535. The third-order valence-corrected chi connectivity index (χ3v) is 4.11. The predicted molar refractivity (Wildman–Crippen MR) is 85.7 cm³/mol. The van der Waals surface area contributed by atoms with Crippen molar-refractivity contribution in [2.75, 3.05) is 18.5 Å². The molecular formula is C9H15Al2O15P3. The van der Waals surface area contributed by atoms with Crippen molar-refractivity contribution in [3.8, 4) is 0 Å². The molecule has 0 radical (unpaired) electrons. The zero-order valence-electron chi connectivity index (χ0n) is 14.5. The molecule has 0 aromatic heterocycles. The molecule has 0 fully saturated rings. The van der Waals surface area contributed by atoms with Crippen LogP contribution in [-0.2, 0) is 28.1 Å². The molecule has 3 N–H and O–H groups in total. The number of rotatable bonds is 9. The van der Waals surface area contributed by atoms with Crippen LogP contribution in [-0.4, -0.2) is 86.4 Å². The van der Waals surface area contributed by atoms with Gasteiger partial charge >= 0.3 is 52.6 Å². The van der Waals surface area contributed by atoms with Crippen LogP contribution in [0, 0.1) is 0 Å². The van der Waals surface area contributed by atoms with Crippen molar-refractivity contribution in [2.24, 2.45) is 0 Å². The number of carbonyl (C=O) groups is 3. The van der Waals surface area contributed by atoms with Crippen LogP contribution in [0.5, 0.6) is 0 Å². The number of carboxylic acids is 3. The minimum atomic E-state index is -4.60. The van der Waals surface area contributed by atoms with Crippen molar-refractivity contribution in [1.82, 2.24) is 0 Å². The first-order valence-electron chi connectivity index (χ1n) is 6.44. The van der Waals surface area contributed by atoms with Crippen LogP contribution in [0.25, 0.3) is 0 Å². The van der Waals surface area contributed by atoms with Crippen LogP contribution in [0.3, 0.4) is 0 Å². The van der Waals surface area contributed by atoms with Crippen LogP contribution >= 0.6 is 22.8 Å². The number of hydrogen-bond acceptors (Lipinski definition) is 12. The molecule has 0 spiro atoms. The summed E-state index contributed by atoms with van der Waals surface area (Å²) in [5.74, 6) is -3.83. The molecular weight excluding hydrogens is 495 g/mol. The third kappa shape index (κ3) is 58.4. The maximum absolute atomic E-state index is 9.74. The van der Waals surface area contributed by atoms with Gasteiger partial charge in [-0.2, -0.15) is 0 Å². The van der Waals surface area contributed by atoms with E-state index in [2.05, 4.69) is 0 Å². The van der Waals surface area contributed by atoms with Gasteiger partial charge in [0, 0.05) is 19.3 Å². The van der Waals surface area contributed by atoms with Gasteiger partial charge in [-0.3, -0.25) is 14.4 Å². The molecule has 0 aliphatic carbocycles. The van der Waals surface area contributed by atoms with E-state index in [9.17, 15) is 57.4 Å². The molecule has 0 saturated carbocycles. The van der Waals surface area contributed by atoms with Crippen molar-refractivity contribution in [3.05, 3.63) is 0 Å². The van der Waals surface area contributed by atoms with Crippen molar-refractivity contribution in [3.63, 3.8) is 0 Å². The van der Waals surface area contributed by atoms with Gasteiger partial charge in [0.25, 0.3) is 0 Å². The van der Waals surface area contributed by atoms with Gasteiger partial charge in [0.1, 0.15) is 0 Å². The van der Waals surface area contributed by atoms with E-state index in [0.29, 0.717) is 0 Å². The molecule has 0 aromatic rings. The normalized spacial score (nSPS) is 10.6. The van der Waals surface area contributed by atoms with E-state index in [4.69, 9.17) is 15.3 Å². The molecule has 0 aliphatic heterocycles. The minimum Gasteiger partial charge on any atom is -0.811 e. The van der Waals surface area contributed by atoms with E-state index < -0.39 is 78.4 Å². The second-order valence-corrected chi connectivity index (χ2v) is 9.44. The summed E-state index contributed by atoms with van der Waals surface area (Å²) in [4.78, 5) is 87.4. The summed E-state index contributed by atoms with van der Waals surface area (Å²) < 4.78 is 29.2. The van der Waals surface area contributed by atoms with Gasteiger partial charge in [-0.05, 0) is 18.5 Å². The monoisotopic (exact) mass is 510 g/mol. The summed E-state index contributed by atoms with van der Waals surface area (Å²) in [6.07, 6.45) is -4.23. The first-order chi connectivity index (χ1) is 11.7. The zero-order chi connectivity index (χ0) is 22.5. The molecule has 0 unspecified atom stereocenters. The van der Waals surface area contributed by atoms with Gasteiger partial charge < -0.3 is 58.4 Å². The van der Waals surface area contributed by atoms with Gasteiger partial charge in [0.2, 0.25) is 0 Å². The van der Waals surface area contributed by atoms with Crippen molar-refractivity contribution in [1.29, 1.82) is 0 Å². The van der Waals surface area contributed by atoms with Gasteiger partial charge in [-0.15, -0.1) is 0 Å². The van der Waals surface area contributed by atoms with Crippen LogP contribution in [0.2, 0.25) is 0 Å². The van der Waals surface area contributed by atoms with Gasteiger partial charge in [0.15, 0.2) is 0 Å². The topological polar surface area (TPSA) is 301 Å². The fraction of sp³-hybridized carbons (Fsp3) is 0.667. The Morgan fingerprint density at radius 1 is 0.517 bits per heavy atom. The van der Waals surface area contributed by atoms with Crippen LogP contribution in [0.4, 0.5) is 0 Å². The van der Waals surface area contributed by atoms with Crippen LogP contribution in [0.15, 0.2) is 0 Å². The average molecular weight is 510 g/mol. The Morgan fingerprint density at radius 2 is 0.655 bits per heavy atom. The fourth-order valence-corrected chi connectivity index (χ4v) is 2.09. The third-order valence-electron chi connectivity index (χ3n) is 1.80. The molecule has 0 atom stereocenters. The van der Waals surface area contributed by atoms with Gasteiger partial charge in [0.05, 0.1) is 0 Å². The van der Waals surface area contributed by atoms with Crippen LogP contribution < -0.4 is 29.4 Å². The average Bonchev–Trinajstić information content (AvgIpc) is 2.40. The molecule has 15 nitrogen and oxygen atoms in total. The Balaban J connectivity index is -0.0000000960. The quantitative estimate of drug-likeness (QED) is 0.192. The summed E-state index contributed by atoms with van der Waals surface area (Å²) in [7, 11) is -13.8. The number of hydrogen-bond donors (Lipinski definition) is 3. The molecule has 0 bridgehead atoms. The van der Waals surface area contributed by atoms with E-state index in [0.717, 1.165) is 0 Å². The minimum absolute atomic E-state index is 0. The maximum atomic E-state index is 9.74. The molecule has 20 heteroatoms. The van der Waals surface area contributed by atoms with E-state index in [1.807, 2.05) is 0 Å². The Kier molecular flexibility index (Phi) is 25.4. The number of aliphatic carboxylic acids is 3. The number of carboxylic acid groups (broad SMARTS) is 3. The standard InChI is InChI=1S/3C3H7O5P.2Al/c3*4-3(5)1-2-9(6,7)8;;/h3*1-2H2,(H,4,5)(H2,6,7,8);;/q;;;2*+3/p-6. The molecule has 0 heterocycles. The second-order valence-electron chi connectivity index (χ2n) is 4.43. The van der Waals surface area contributed by atoms with E-state index >= 15 is 0 Å². The van der Waals surface area contributed by atoms with Crippen LogP contribution in [0.1, 0.15) is 19.3 Å². The fourth-order valence-electron chi connectivity index (χ4n) is 0.698.